The number of hydrogen-bond acceptors (Lipinski definition) is 17. The van der Waals surface area contributed by atoms with Crippen molar-refractivity contribution in [2.45, 2.75) is 124 Å². The van der Waals surface area contributed by atoms with Gasteiger partial charge in [0.25, 0.3) is 0 Å². The molecule has 17 heteroatoms. The van der Waals surface area contributed by atoms with Gasteiger partial charge >= 0.3 is 35.8 Å². The van der Waals surface area contributed by atoms with Gasteiger partial charge in [0.2, 0.25) is 0 Å². The minimum absolute atomic E-state index is 0.111. The molecule has 0 amide bonds. The first-order chi connectivity index (χ1) is 39.7. The lowest BCUT2D eigenvalue weighted by atomic mass is 9.82. The van der Waals surface area contributed by atoms with Gasteiger partial charge in [-0.1, -0.05) is 25.3 Å². The molecule has 16 nitrogen and oxygen atoms in total. The van der Waals surface area contributed by atoms with E-state index in [0.29, 0.717) is 112 Å². The van der Waals surface area contributed by atoms with Gasteiger partial charge in [0.05, 0.1) is 61.9 Å². The fraction of sp³-hybridized carbons (Fsp3) is 0.431. The van der Waals surface area contributed by atoms with E-state index in [4.69, 9.17) is 47.3 Å². The number of furan rings is 1. The maximum absolute atomic E-state index is 13.3. The van der Waals surface area contributed by atoms with Crippen LogP contribution in [-0.2, 0) is 43.0 Å². The van der Waals surface area contributed by atoms with Gasteiger partial charge in [-0.15, -0.1) is 11.3 Å². The Kier molecular flexibility index (Phi) is 23.7. The van der Waals surface area contributed by atoms with Crippen molar-refractivity contribution in [3.8, 4) is 39.5 Å². The molecule has 2 aromatic heterocycles. The Hall–Kier alpha value is -7.79. The molecule has 0 unspecified atom stereocenters. The molecule has 0 bridgehead atoms. The van der Waals surface area contributed by atoms with Crippen molar-refractivity contribution in [1.82, 2.24) is 4.98 Å². The standard InChI is InChI=1S/C41H43NO8S.C24H32O7/c1-5-36(43)47-21-9-7-6-8-20-46-30-15-17-31(18-16-30)48-40(44)28-11-13-29(14-12-28)41(45)50-33-19-10-26(3)38-37(33)42-39(51-38)35-24-32-27(4)22-25(2)23-34(32)49-35;1-3-22(25)30-17-7-5-4-6-16-29-20-12-14-21(15-13-20)31-24(27)19-10-8-18(9-11-19)23(26)28-2/h5,10,15-19,22-24,28-29H,1,6-9,11-14,20-21H2,2-4H3;3,12-15,18-19H,1,4-11,16-17H2,2H3. The highest BCUT2D eigenvalue weighted by Crippen LogP contribution is 2.41. The number of hydrogen-bond donors (Lipinski definition) is 0. The lowest BCUT2D eigenvalue weighted by Crippen LogP contribution is -2.30. The summed E-state index contributed by atoms with van der Waals surface area (Å²) in [6, 6.07) is 24.0. The van der Waals surface area contributed by atoms with E-state index in [1.54, 1.807) is 54.6 Å². The Bertz CT molecular complexity index is 3120. The lowest BCUT2D eigenvalue weighted by molar-refractivity contribution is -0.149. The number of thiazole rings is 1. The second-order valence-corrected chi connectivity index (χ2v) is 21.8. The molecule has 0 saturated heterocycles. The summed E-state index contributed by atoms with van der Waals surface area (Å²) in [5.74, 6) is 0.782. The van der Waals surface area contributed by atoms with Crippen LogP contribution in [0.4, 0.5) is 0 Å². The lowest BCUT2D eigenvalue weighted by Gasteiger charge is -2.25. The van der Waals surface area contributed by atoms with Crippen molar-refractivity contribution in [3.63, 3.8) is 0 Å². The van der Waals surface area contributed by atoms with Gasteiger partial charge in [-0.25, -0.2) is 14.6 Å². The molecular formula is C65H75NO15S. The maximum atomic E-state index is 13.3. The Morgan fingerprint density at radius 3 is 1.44 bits per heavy atom. The molecule has 82 heavy (non-hydrogen) atoms. The SMILES string of the molecule is C=CC(=O)OCCCCCCOc1ccc(OC(=O)C2CCC(C(=O)OC)CC2)cc1.C=CC(=O)OCCCCCCOc1ccc(OC(=O)C2CCC(C(=O)Oc3ccc(C)c4sc(-c5cc6c(C)cc(C)cc6o5)nc34)CC2)cc1. The number of nitrogens with zero attached hydrogens (tertiary/aromatic N) is 1. The van der Waals surface area contributed by atoms with Crippen LogP contribution in [0.25, 0.3) is 32.0 Å². The highest BCUT2D eigenvalue weighted by atomic mass is 32.1. The molecule has 2 fully saturated rings. The van der Waals surface area contributed by atoms with Crippen LogP contribution in [-0.4, -0.2) is 74.3 Å². The van der Waals surface area contributed by atoms with Gasteiger partial charge in [-0.05, 0) is 207 Å². The third-order valence-electron chi connectivity index (χ3n) is 14.6. The monoisotopic (exact) mass is 1140 g/mol. The van der Waals surface area contributed by atoms with Crippen molar-refractivity contribution in [3.05, 3.63) is 121 Å². The molecule has 0 N–H and O–H groups in total. The Morgan fingerprint density at radius 1 is 0.537 bits per heavy atom. The minimum atomic E-state index is -0.394. The minimum Gasteiger partial charge on any atom is -0.494 e. The summed E-state index contributed by atoms with van der Waals surface area (Å²) in [5, 5.41) is 1.79. The first-order valence-corrected chi connectivity index (χ1v) is 29.2. The number of rotatable bonds is 26. The van der Waals surface area contributed by atoms with E-state index >= 15 is 0 Å². The van der Waals surface area contributed by atoms with Gasteiger partial charge in [-0.3, -0.25) is 19.2 Å². The summed E-state index contributed by atoms with van der Waals surface area (Å²) in [6.07, 6.45) is 14.4. The molecule has 0 spiro atoms. The van der Waals surface area contributed by atoms with Gasteiger partial charge < -0.3 is 42.3 Å². The summed E-state index contributed by atoms with van der Waals surface area (Å²) in [7, 11) is 1.39. The van der Waals surface area contributed by atoms with E-state index in [2.05, 4.69) is 26.1 Å². The van der Waals surface area contributed by atoms with Crippen LogP contribution in [0, 0.1) is 44.4 Å². The Balaban J connectivity index is 0.000000268. The zero-order valence-electron chi connectivity index (χ0n) is 47.5. The molecule has 6 aromatic rings. The molecule has 2 saturated carbocycles. The molecule has 0 radical (unpaired) electrons. The van der Waals surface area contributed by atoms with Crippen LogP contribution in [0.15, 0.2) is 109 Å². The number of esters is 6. The van der Waals surface area contributed by atoms with Gasteiger partial charge in [0.15, 0.2) is 16.5 Å². The third-order valence-corrected chi connectivity index (χ3v) is 15.8. The number of aromatic nitrogens is 1. The highest BCUT2D eigenvalue weighted by molar-refractivity contribution is 7.21. The number of methoxy groups -OCH3 is 1. The quantitative estimate of drug-likeness (QED) is 0.0163. The number of ether oxygens (including phenoxy) is 8. The predicted molar refractivity (Wildman–Crippen MR) is 312 cm³/mol. The average molecular weight is 1140 g/mol. The molecule has 0 aliphatic heterocycles. The molecular weight excluding hydrogens is 1070 g/mol. The second kappa shape index (κ2) is 31.4. The first kappa shape index (κ1) is 61.8. The summed E-state index contributed by atoms with van der Waals surface area (Å²) in [6.45, 7) is 14.8. The molecule has 2 heterocycles. The molecule has 2 aliphatic carbocycles. The van der Waals surface area contributed by atoms with Crippen LogP contribution in [0.1, 0.15) is 119 Å². The number of carbonyl (C=O) groups excluding carboxylic acids is 6. The Morgan fingerprint density at radius 2 is 0.976 bits per heavy atom. The van der Waals surface area contributed by atoms with Crippen LogP contribution in [0.2, 0.25) is 0 Å². The summed E-state index contributed by atoms with van der Waals surface area (Å²) >= 11 is 1.52. The van der Waals surface area contributed by atoms with Gasteiger partial charge in [-0.2, -0.15) is 0 Å². The molecule has 436 valence electrons. The average Bonchev–Trinajstić information content (AvgIpc) is 4.37. The predicted octanol–water partition coefficient (Wildman–Crippen LogP) is 13.9. The molecule has 8 rings (SSSR count). The number of unbranched alkanes of at least 4 members (excludes halogenated alkanes) is 6. The summed E-state index contributed by atoms with van der Waals surface area (Å²) in [5.41, 5.74) is 4.81. The molecule has 0 atom stereocenters. The van der Waals surface area contributed by atoms with Crippen LogP contribution < -0.4 is 23.7 Å². The zero-order chi connectivity index (χ0) is 58.4. The number of aryl methyl sites for hydroxylation is 3. The van der Waals surface area contributed by atoms with Crippen LogP contribution >= 0.6 is 11.3 Å². The highest BCUT2D eigenvalue weighted by Gasteiger charge is 2.34. The van der Waals surface area contributed by atoms with Crippen molar-refractivity contribution in [2.24, 2.45) is 23.7 Å². The van der Waals surface area contributed by atoms with E-state index in [1.807, 2.05) is 32.0 Å². The molecule has 2 aliphatic rings. The van der Waals surface area contributed by atoms with E-state index in [1.165, 1.54) is 24.5 Å². The van der Waals surface area contributed by atoms with Gasteiger partial charge in [0.1, 0.15) is 34.1 Å². The number of benzene rings is 4. The topological polar surface area (TPSA) is 202 Å². The van der Waals surface area contributed by atoms with E-state index in [0.717, 1.165) is 101 Å². The third kappa shape index (κ3) is 18.4. The second-order valence-electron chi connectivity index (χ2n) is 20.8. The smallest absolute Gasteiger partial charge is 0.330 e. The molecule has 4 aromatic carbocycles. The van der Waals surface area contributed by atoms with E-state index in [9.17, 15) is 28.8 Å². The van der Waals surface area contributed by atoms with Crippen molar-refractivity contribution in [2.75, 3.05) is 33.5 Å². The Labute approximate surface area is 483 Å². The van der Waals surface area contributed by atoms with Crippen molar-refractivity contribution < 1.29 is 71.1 Å². The van der Waals surface area contributed by atoms with Crippen LogP contribution in [0.5, 0.6) is 28.7 Å². The normalized spacial score (nSPS) is 16.6. The van der Waals surface area contributed by atoms with Crippen molar-refractivity contribution in [1.29, 1.82) is 0 Å². The van der Waals surface area contributed by atoms with E-state index < -0.39 is 5.97 Å². The fourth-order valence-electron chi connectivity index (χ4n) is 9.94. The fourth-order valence-corrected chi connectivity index (χ4v) is 10.9. The van der Waals surface area contributed by atoms with Crippen molar-refractivity contribution >= 4 is 68.3 Å². The summed E-state index contributed by atoms with van der Waals surface area (Å²) in [4.78, 5) is 77.1. The van der Waals surface area contributed by atoms with Gasteiger partial charge in [0, 0.05) is 17.5 Å². The largest absolute Gasteiger partial charge is 0.494 e. The van der Waals surface area contributed by atoms with Crippen LogP contribution in [0.3, 0.4) is 0 Å². The number of carbonyl (C=O) groups is 6. The maximum Gasteiger partial charge on any atom is 0.330 e. The first-order valence-electron chi connectivity index (χ1n) is 28.4. The zero-order valence-corrected chi connectivity index (χ0v) is 48.3. The van der Waals surface area contributed by atoms with E-state index in [-0.39, 0.29) is 53.5 Å². The summed E-state index contributed by atoms with van der Waals surface area (Å²) < 4.78 is 50.4. The number of fused-ring (bicyclic) bond motifs is 2.